The van der Waals surface area contributed by atoms with Crippen molar-refractivity contribution in [1.29, 1.82) is 0 Å². The summed E-state index contributed by atoms with van der Waals surface area (Å²) in [5, 5.41) is 2.83. The van der Waals surface area contributed by atoms with Crippen LogP contribution in [0.2, 0.25) is 10.2 Å². The van der Waals surface area contributed by atoms with E-state index in [0.29, 0.717) is 26.2 Å². The third kappa shape index (κ3) is 4.50. The second-order valence-electron chi connectivity index (χ2n) is 9.29. The molecule has 4 rings (SSSR count). The molecule has 12 heteroatoms. The summed E-state index contributed by atoms with van der Waals surface area (Å²) < 4.78 is 11.5. The zero-order valence-electron chi connectivity index (χ0n) is 19.0. The number of fused-ring (bicyclic) bond motifs is 2. The molecule has 10 nitrogen and oxygen atoms in total. The van der Waals surface area contributed by atoms with Crippen molar-refractivity contribution in [1.82, 2.24) is 20.1 Å². The minimum Gasteiger partial charge on any atom is -0.489 e. The molecular formula is C21H27Cl2N5O5. The summed E-state index contributed by atoms with van der Waals surface area (Å²) in [6, 6.07) is -0.959. The van der Waals surface area contributed by atoms with E-state index < -0.39 is 23.8 Å². The Balaban J connectivity index is 1.67. The minimum atomic E-state index is -0.623. The normalized spacial score (nSPS) is 23.3. The van der Waals surface area contributed by atoms with Gasteiger partial charge >= 0.3 is 6.09 Å². The van der Waals surface area contributed by atoms with E-state index in [1.807, 2.05) is 0 Å². The summed E-state index contributed by atoms with van der Waals surface area (Å²) in [5.41, 5.74) is -0.443. The molecule has 180 valence electrons. The highest BCUT2D eigenvalue weighted by Gasteiger charge is 2.42. The molecule has 0 radical (unpaired) electrons. The number of rotatable bonds is 1. The van der Waals surface area contributed by atoms with Crippen LogP contribution in [-0.2, 0) is 9.53 Å². The number of ether oxygens (including phenoxy) is 2. The Bertz CT molecular complexity index is 998. The van der Waals surface area contributed by atoms with Gasteiger partial charge in [-0.1, -0.05) is 23.2 Å². The van der Waals surface area contributed by atoms with Crippen molar-refractivity contribution >= 4 is 46.9 Å². The van der Waals surface area contributed by atoms with Crippen LogP contribution in [0.1, 0.15) is 38.1 Å². The number of hydrogen-bond donors (Lipinski definition) is 1. The van der Waals surface area contributed by atoms with Crippen molar-refractivity contribution in [3.63, 3.8) is 0 Å². The van der Waals surface area contributed by atoms with Crippen molar-refractivity contribution in [2.45, 2.75) is 45.4 Å². The Hall–Kier alpha value is -2.46. The van der Waals surface area contributed by atoms with Gasteiger partial charge in [-0.05, 0) is 27.7 Å². The lowest BCUT2D eigenvalue weighted by Gasteiger charge is -2.40. The summed E-state index contributed by atoms with van der Waals surface area (Å²) in [4.78, 5) is 47.9. The zero-order chi connectivity index (χ0) is 24.1. The number of amides is 3. The quantitative estimate of drug-likeness (QED) is 0.590. The van der Waals surface area contributed by atoms with Crippen LogP contribution in [-0.4, -0.2) is 89.7 Å². The fraction of sp³-hybridized carbons (Fsp3) is 0.619. The number of carbonyl (C=O) groups excluding carboxylic acids is 3. The molecule has 2 fully saturated rings. The average Bonchev–Trinajstić information content (AvgIpc) is 2.88. The Morgan fingerprint density at radius 3 is 2.61 bits per heavy atom. The van der Waals surface area contributed by atoms with Crippen molar-refractivity contribution in [2.75, 3.05) is 44.2 Å². The molecule has 1 aromatic rings. The average molecular weight is 500 g/mol. The van der Waals surface area contributed by atoms with Crippen molar-refractivity contribution in [2.24, 2.45) is 0 Å². The number of nitrogens with one attached hydrogen (secondary N) is 1. The molecule has 1 aromatic heterocycles. The van der Waals surface area contributed by atoms with Crippen LogP contribution in [0.25, 0.3) is 0 Å². The molecule has 4 heterocycles. The van der Waals surface area contributed by atoms with E-state index in [2.05, 4.69) is 10.3 Å². The number of anilines is 1. The van der Waals surface area contributed by atoms with Crippen LogP contribution in [0.15, 0.2) is 0 Å². The largest absolute Gasteiger partial charge is 0.489 e. The number of carbonyl (C=O) groups is 3. The van der Waals surface area contributed by atoms with E-state index in [9.17, 15) is 14.4 Å². The molecule has 3 aliphatic heterocycles. The first-order valence-electron chi connectivity index (χ1n) is 10.8. The van der Waals surface area contributed by atoms with Crippen LogP contribution < -0.4 is 15.0 Å². The molecule has 2 saturated heterocycles. The maximum absolute atomic E-state index is 13.7. The lowest BCUT2D eigenvalue weighted by Crippen LogP contribution is -2.58. The smallest absolute Gasteiger partial charge is 0.410 e. The molecule has 1 N–H and O–H groups in total. The first kappa shape index (κ1) is 23.7. The predicted molar refractivity (Wildman–Crippen MR) is 122 cm³/mol. The van der Waals surface area contributed by atoms with Crippen LogP contribution in [0, 0.1) is 0 Å². The minimum absolute atomic E-state index is 0.00773. The van der Waals surface area contributed by atoms with Gasteiger partial charge in [0, 0.05) is 32.7 Å². The number of piperazine rings is 2. The number of hydrogen-bond acceptors (Lipinski definition) is 7. The van der Waals surface area contributed by atoms with E-state index in [0.717, 1.165) is 0 Å². The highest BCUT2D eigenvalue weighted by molar-refractivity contribution is 6.42. The van der Waals surface area contributed by atoms with E-state index in [4.69, 9.17) is 32.7 Å². The summed E-state index contributed by atoms with van der Waals surface area (Å²) in [7, 11) is 0. The van der Waals surface area contributed by atoms with Crippen molar-refractivity contribution in [3.05, 3.63) is 15.7 Å². The van der Waals surface area contributed by atoms with Gasteiger partial charge in [0.1, 0.15) is 34.7 Å². The van der Waals surface area contributed by atoms with Gasteiger partial charge in [-0.25, -0.2) is 9.78 Å². The fourth-order valence-corrected chi connectivity index (χ4v) is 4.55. The lowest BCUT2D eigenvalue weighted by atomic mass is 10.1. The first-order valence-corrected chi connectivity index (χ1v) is 11.6. The summed E-state index contributed by atoms with van der Waals surface area (Å²) in [5.74, 6) is -0.0839. The Morgan fingerprint density at radius 1 is 1.18 bits per heavy atom. The van der Waals surface area contributed by atoms with Crippen LogP contribution in [0.3, 0.4) is 0 Å². The molecule has 0 aliphatic carbocycles. The maximum atomic E-state index is 13.7. The summed E-state index contributed by atoms with van der Waals surface area (Å²) in [6.45, 7) is 8.99. The number of aromatic nitrogens is 1. The molecule has 2 atom stereocenters. The van der Waals surface area contributed by atoms with Crippen molar-refractivity contribution in [3.8, 4) is 5.75 Å². The third-order valence-electron chi connectivity index (χ3n) is 5.84. The Morgan fingerprint density at radius 2 is 1.91 bits per heavy atom. The molecule has 3 aliphatic rings. The van der Waals surface area contributed by atoms with Gasteiger partial charge in [-0.3, -0.25) is 9.59 Å². The molecule has 0 spiro atoms. The number of halogens is 2. The predicted octanol–water partition coefficient (Wildman–Crippen LogP) is 2.17. The topological polar surface area (TPSA) is 104 Å². The van der Waals surface area contributed by atoms with Crippen molar-refractivity contribution < 1.29 is 23.9 Å². The van der Waals surface area contributed by atoms with E-state index in [1.54, 1.807) is 42.4 Å². The monoisotopic (exact) mass is 499 g/mol. The molecule has 0 aromatic carbocycles. The molecule has 0 saturated carbocycles. The lowest BCUT2D eigenvalue weighted by molar-refractivity contribution is -0.122. The van der Waals surface area contributed by atoms with Crippen LogP contribution in [0.5, 0.6) is 5.75 Å². The summed E-state index contributed by atoms with van der Waals surface area (Å²) >= 11 is 12.7. The molecule has 33 heavy (non-hydrogen) atoms. The van der Waals surface area contributed by atoms with Gasteiger partial charge in [0.05, 0.1) is 6.04 Å². The SMILES string of the molecule is C[C@H]1C(=O)NCCN1c1nc(Cl)c(Cl)c2c1C(=O)N1CCN(C(=O)OC(C)(C)C)CC1CO2. The Kier molecular flexibility index (Phi) is 6.26. The zero-order valence-corrected chi connectivity index (χ0v) is 20.5. The van der Waals surface area contributed by atoms with Gasteiger partial charge in [-0.15, -0.1) is 0 Å². The Labute approximate surface area is 202 Å². The number of nitrogens with zero attached hydrogens (tertiary/aromatic N) is 4. The van der Waals surface area contributed by atoms with E-state index in [1.165, 1.54) is 0 Å². The van der Waals surface area contributed by atoms with Gasteiger partial charge in [0.2, 0.25) is 5.91 Å². The highest BCUT2D eigenvalue weighted by Crippen LogP contribution is 2.42. The van der Waals surface area contributed by atoms with E-state index >= 15 is 0 Å². The molecule has 0 bridgehead atoms. The standard InChI is InChI=1S/C21H27Cl2N5O5/c1-11-18(29)24-5-6-27(11)17-13-15(14(22)16(23)25-17)32-10-12-9-26(7-8-28(12)19(13)30)20(31)33-21(2,3)4/h11-12H,5-10H2,1-4H3,(H,24,29)/t11-,12?/m0/s1. The van der Waals surface area contributed by atoms with Crippen LogP contribution in [0.4, 0.5) is 10.6 Å². The second kappa shape index (κ2) is 8.72. The van der Waals surface area contributed by atoms with Gasteiger partial charge in [0.25, 0.3) is 5.91 Å². The first-order chi connectivity index (χ1) is 15.5. The maximum Gasteiger partial charge on any atom is 0.410 e. The number of pyridine rings is 1. The third-order valence-corrected chi connectivity index (χ3v) is 6.56. The van der Waals surface area contributed by atoms with Gasteiger partial charge in [-0.2, -0.15) is 0 Å². The fourth-order valence-electron chi connectivity index (χ4n) is 4.19. The highest BCUT2D eigenvalue weighted by atomic mass is 35.5. The molecule has 3 amide bonds. The van der Waals surface area contributed by atoms with Gasteiger partial charge in [0.15, 0.2) is 10.9 Å². The van der Waals surface area contributed by atoms with Gasteiger partial charge < -0.3 is 29.5 Å². The van der Waals surface area contributed by atoms with E-state index in [-0.39, 0.29) is 52.3 Å². The second-order valence-corrected chi connectivity index (χ2v) is 10.0. The molecular weight excluding hydrogens is 473 g/mol. The summed E-state index contributed by atoms with van der Waals surface area (Å²) in [6.07, 6.45) is -0.437. The van der Waals surface area contributed by atoms with Crippen LogP contribution >= 0.6 is 23.2 Å². The molecule has 1 unspecified atom stereocenters.